The van der Waals surface area contributed by atoms with E-state index in [1.165, 1.54) is 10.4 Å². The molecule has 1 N–H and O–H groups in total. The minimum absolute atomic E-state index is 0.323. The molecule has 0 aliphatic carbocycles. The van der Waals surface area contributed by atoms with Crippen LogP contribution >= 0.6 is 43.2 Å². The Morgan fingerprint density at radius 1 is 1.11 bits per heavy atom. The first-order chi connectivity index (χ1) is 9.22. The van der Waals surface area contributed by atoms with Crippen LogP contribution in [0.5, 0.6) is 11.5 Å². The number of hydrogen-bond donors (Lipinski definition) is 1. The fraction of sp³-hybridized carbons (Fsp3) is 0.231. The van der Waals surface area contributed by atoms with Gasteiger partial charge in [-0.3, -0.25) is 0 Å². The summed E-state index contributed by atoms with van der Waals surface area (Å²) >= 11 is 8.72. The van der Waals surface area contributed by atoms with Gasteiger partial charge in [0, 0.05) is 22.4 Å². The molecular formula is C13H11Br2NO2S. The Morgan fingerprint density at radius 2 is 1.95 bits per heavy atom. The molecule has 0 atom stereocenters. The van der Waals surface area contributed by atoms with Crippen molar-refractivity contribution in [2.75, 3.05) is 6.79 Å². The summed E-state index contributed by atoms with van der Waals surface area (Å²) in [4.78, 5) is 1.29. The quantitative estimate of drug-likeness (QED) is 0.824. The lowest BCUT2D eigenvalue weighted by Gasteiger charge is -2.04. The number of nitrogens with one attached hydrogen (secondary N) is 1. The van der Waals surface area contributed by atoms with Gasteiger partial charge in [0.1, 0.15) is 0 Å². The molecule has 0 bridgehead atoms. The van der Waals surface area contributed by atoms with Gasteiger partial charge in [-0.2, -0.15) is 0 Å². The molecule has 0 fully saturated rings. The second-order valence-corrected chi connectivity index (χ2v) is 7.43. The summed E-state index contributed by atoms with van der Waals surface area (Å²) in [7, 11) is 0. The monoisotopic (exact) mass is 403 g/mol. The maximum atomic E-state index is 5.36. The van der Waals surface area contributed by atoms with E-state index in [1.807, 2.05) is 12.1 Å². The number of fused-ring (bicyclic) bond motifs is 1. The molecule has 100 valence electrons. The molecule has 0 amide bonds. The van der Waals surface area contributed by atoms with Gasteiger partial charge in [-0.25, -0.2) is 0 Å². The van der Waals surface area contributed by atoms with Gasteiger partial charge in [0.25, 0.3) is 0 Å². The smallest absolute Gasteiger partial charge is 0.231 e. The van der Waals surface area contributed by atoms with Gasteiger partial charge in [-0.1, -0.05) is 6.07 Å². The third-order valence-corrected chi connectivity index (χ3v) is 6.02. The largest absolute Gasteiger partial charge is 0.454 e. The summed E-state index contributed by atoms with van der Waals surface area (Å²) in [6.45, 7) is 1.98. The molecule has 0 saturated carbocycles. The summed E-state index contributed by atoms with van der Waals surface area (Å²) in [5.74, 6) is 1.66. The van der Waals surface area contributed by atoms with Crippen molar-refractivity contribution < 1.29 is 9.47 Å². The number of halogens is 2. The van der Waals surface area contributed by atoms with Crippen molar-refractivity contribution in [3.8, 4) is 11.5 Å². The number of ether oxygens (including phenoxy) is 2. The van der Waals surface area contributed by atoms with Crippen molar-refractivity contribution in [1.29, 1.82) is 0 Å². The standard InChI is InChI=1S/C13H11Br2NO2S/c14-10-4-9(19-13(10)15)6-16-5-8-1-2-11-12(3-8)18-7-17-11/h1-4,16H,5-7H2. The minimum atomic E-state index is 0.323. The van der Waals surface area contributed by atoms with Gasteiger partial charge in [0.2, 0.25) is 6.79 Å². The Kier molecular flexibility index (Phi) is 4.12. The summed E-state index contributed by atoms with van der Waals surface area (Å²) in [6.07, 6.45) is 0. The van der Waals surface area contributed by atoms with Crippen molar-refractivity contribution in [3.05, 3.63) is 43.0 Å². The van der Waals surface area contributed by atoms with Gasteiger partial charge in [0.15, 0.2) is 11.5 Å². The maximum Gasteiger partial charge on any atom is 0.231 e. The zero-order valence-electron chi connectivity index (χ0n) is 9.91. The van der Waals surface area contributed by atoms with Crippen LogP contribution in [0.15, 0.2) is 32.5 Å². The topological polar surface area (TPSA) is 30.5 Å². The molecule has 1 aromatic carbocycles. The van der Waals surface area contributed by atoms with Crippen molar-refractivity contribution >= 4 is 43.2 Å². The SMILES string of the molecule is Brc1cc(CNCc2ccc3c(c2)OCO3)sc1Br. The van der Waals surface area contributed by atoms with E-state index in [4.69, 9.17) is 9.47 Å². The lowest BCUT2D eigenvalue weighted by molar-refractivity contribution is 0.174. The Balaban J connectivity index is 1.57. The summed E-state index contributed by atoms with van der Waals surface area (Å²) < 4.78 is 12.9. The fourth-order valence-corrected chi connectivity index (χ4v) is 4.01. The second-order valence-electron chi connectivity index (χ2n) is 4.13. The van der Waals surface area contributed by atoms with Gasteiger partial charge in [0.05, 0.1) is 3.79 Å². The van der Waals surface area contributed by atoms with Gasteiger partial charge >= 0.3 is 0 Å². The molecule has 0 saturated heterocycles. The van der Waals surface area contributed by atoms with Crippen LogP contribution < -0.4 is 14.8 Å². The average Bonchev–Trinajstić information content (AvgIpc) is 2.96. The molecule has 0 spiro atoms. The number of hydrogen-bond acceptors (Lipinski definition) is 4. The molecular weight excluding hydrogens is 394 g/mol. The molecule has 2 heterocycles. The highest BCUT2D eigenvalue weighted by Crippen LogP contribution is 2.33. The van der Waals surface area contributed by atoms with Crippen molar-refractivity contribution in [2.45, 2.75) is 13.1 Å². The predicted octanol–water partition coefficient (Wildman–Crippen LogP) is 4.29. The van der Waals surface area contributed by atoms with Crippen LogP contribution in [0.4, 0.5) is 0 Å². The van der Waals surface area contributed by atoms with E-state index in [0.29, 0.717) is 6.79 Å². The second kappa shape index (κ2) is 5.83. The van der Waals surface area contributed by atoms with Crippen molar-refractivity contribution in [1.82, 2.24) is 5.32 Å². The summed E-state index contributed by atoms with van der Waals surface area (Å²) in [5, 5.41) is 3.42. The minimum Gasteiger partial charge on any atom is -0.454 e. The average molecular weight is 405 g/mol. The maximum absolute atomic E-state index is 5.36. The van der Waals surface area contributed by atoms with Crippen LogP contribution in [0.2, 0.25) is 0 Å². The zero-order valence-corrected chi connectivity index (χ0v) is 13.9. The number of rotatable bonds is 4. The van der Waals surface area contributed by atoms with Crippen LogP contribution in [0.1, 0.15) is 10.4 Å². The van der Waals surface area contributed by atoms with Crippen LogP contribution in [-0.2, 0) is 13.1 Å². The normalized spacial score (nSPS) is 12.9. The molecule has 6 heteroatoms. The molecule has 3 nitrogen and oxygen atoms in total. The molecule has 1 aromatic heterocycles. The third-order valence-electron chi connectivity index (χ3n) is 2.76. The molecule has 19 heavy (non-hydrogen) atoms. The first-order valence-electron chi connectivity index (χ1n) is 5.75. The number of benzene rings is 1. The Labute approximate surface area is 132 Å². The van der Waals surface area contributed by atoms with E-state index < -0.39 is 0 Å². The molecule has 0 unspecified atom stereocenters. The highest BCUT2D eigenvalue weighted by Gasteiger charge is 2.12. The Bertz CT molecular complexity index is 581. The first-order valence-corrected chi connectivity index (χ1v) is 8.15. The molecule has 2 aromatic rings. The highest BCUT2D eigenvalue weighted by atomic mass is 79.9. The van der Waals surface area contributed by atoms with Crippen LogP contribution in [-0.4, -0.2) is 6.79 Å². The summed E-state index contributed by atoms with van der Waals surface area (Å²) in [5.41, 5.74) is 1.19. The van der Waals surface area contributed by atoms with Gasteiger partial charge in [-0.05, 0) is 55.6 Å². The van der Waals surface area contributed by atoms with Crippen molar-refractivity contribution in [2.24, 2.45) is 0 Å². The molecule has 3 rings (SSSR count). The van der Waals surface area contributed by atoms with E-state index in [2.05, 4.69) is 49.3 Å². The highest BCUT2D eigenvalue weighted by molar-refractivity contribution is 9.13. The molecule has 0 radical (unpaired) electrons. The van der Waals surface area contributed by atoms with E-state index in [-0.39, 0.29) is 0 Å². The first kappa shape index (κ1) is 13.4. The molecule has 1 aliphatic rings. The zero-order chi connectivity index (χ0) is 13.2. The fourth-order valence-electron chi connectivity index (χ4n) is 1.86. The van der Waals surface area contributed by atoms with Gasteiger partial charge < -0.3 is 14.8 Å². The van der Waals surface area contributed by atoms with Crippen LogP contribution in [0.25, 0.3) is 0 Å². The number of thiophene rings is 1. The molecule has 1 aliphatic heterocycles. The van der Waals surface area contributed by atoms with Gasteiger partial charge in [-0.15, -0.1) is 11.3 Å². The lowest BCUT2D eigenvalue weighted by atomic mass is 10.2. The van der Waals surface area contributed by atoms with Crippen LogP contribution in [0, 0.1) is 0 Å². The van der Waals surface area contributed by atoms with E-state index >= 15 is 0 Å². The summed E-state index contributed by atoms with van der Waals surface area (Å²) in [6, 6.07) is 8.16. The lowest BCUT2D eigenvalue weighted by Crippen LogP contribution is -2.11. The predicted molar refractivity (Wildman–Crippen MR) is 82.8 cm³/mol. The van der Waals surface area contributed by atoms with E-state index in [9.17, 15) is 0 Å². The Morgan fingerprint density at radius 3 is 2.74 bits per heavy atom. The van der Waals surface area contributed by atoms with Crippen LogP contribution in [0.3, 0.4) is 0 Å². The third kappa shape index (κ3) is 3.13. The Hall–Kier alpha value is -0.560. The van der Waals surface area contributed by atoms with E-state index in [1.54, 1.807) is 11.3 Å². The van der Waals surface area contributed by atoms with Crippen molar-refractivity contribution in [3.63, 3.8) is 0 Å². The van der Waals surface area contributed by atoms with E-state index in [0.717, 1.165) is 32.8 Å².